The van der Waals surface area contributed by atoms with E-state index in [-0.39, 0.29) is 0 Å². The van der Waals surface area contributed by atoms with E-state index < -0.39 is 0 Å². The number of nitrogens with zero attached hydrogens (tertiary/aromatic N) is 1. The molecule has 0 saturated heterocycles. The number of rotatable bonds is 7. The second-order valence-electron chi connectivity index (χ2n) is 7.59. The van der Waals surface area contributed by atoms with Crippen LogP contribution >= 0.6 is 0 Å². The minimum absolute atomic E-state index is 0.529. The maximum absolute atomic E-state index is 5.98. The lowest BCUT2D eigenvalue weighted by Gasteiger charge is -2.17. The molecule has 0 saturated carbocycles. The third kappa shape index (κ3) is 4.38. The predicted octanol–water partition coefficient (Wildman–Crippen LogP) is 8.09. The maximum atomic E-state index is 5.98. The highest BCUT2D eigenvalue weighted by Gasteiger charge is 2.18. The van der Waals surface area contributed by atoms with Gasteiger partial charge in [-0.05, 0) is 40.1 Å². The Kier molecular flexibility index (Phi) is 6.86. The van der Waals surface area contributed by atoms with E-state index in [1.165, 1.54) is 10.8 Å². The zero-order chi connectivity index (χ0) is 22.3. The highest BCUT2D eigenvalue weighted by molar-refractivity contribution is 6.11. The third-order valence-electron chi connectivity index (χ3n) is 5.56. The molecule has 3 nitrogen and oxygen atoms in total. The summed E-state index contributed by atoms with van der Waals surface area (Å²) in [5, 5.41) is 4.62. The number of fused-ring (bicyclic) bond motifs is 2. The van der Waals surface area contributed by atoms with E-state index in [2.05, 4.69) is 86.7 Å². The van der Waals surface area contributed by atoms with Crippen molar-refractivity contribution >= 4 is 33.1 Å². The van der Waals surface area contributed by atoms with E-state index in [1.54, 1.807) is 7.11 Å². The van der Waals surface area contributed by atoms with Crippen LogP contribution in [0.4, 0.5) is 5.69 Å². The van der Waals surface area contributed by atoms with Crippen molar-refractivity contribution in [2.45, 2.75) is 26.7 Å². The van der Waals surface area contributed by atoms with Gasteiger partial charge in [0.25, 0.3) is 0 Å². The van der Waals surface area contributed by atoms with Gasteiger partial charge in [-0.15, -0.1) is 0 Å². The van der Waals surface area contributed by atoms with Gasteiger partial charge in [0, 0.05) is 17.5 Å². The molecule has 0 amide bonds. The summed E-state index contributed by atoms with van der Waals surface area (Å²) in [4.78, 5) is 4.99. The zero-order valence-electron chi connectivity index (χ0n) is 19.0. The van der Waals surface area contributed by atoms with Gasteiger partial charge in [-0.2, -0.15) is 0 Å². The average molecular weight is 424 g/mol. The summed E-state index contributed by atoms with van der Waals surface area (Å²) in [6.45, 7) is 4.72. The summed E-state index contributed by atoms with van der Waals surface area (Å²) in [5.74, 6) is 1.56. The summed E-state index contributed by atoms with van der Waals surface area (Å²) in [5.41, 5.74) is 3.01. The fraction of sp³-hybridized carbons (Fsp3) is 0.207. The molecular formula is C29H29NO2. The molecule has 0 heterocycles. The van der Waals surface area contributed by atoms with Crippen molar-refractivity contribution in [2.75, 3.05) is 13.7 Å². The minimum Gasteiger partial charge on any atom is -0.496 e. The number of allylic oxidation sites excluding steroid dienone is 1. The van der Waals surface area contributed by atoms with Crippen LogP contribution in [0, 0.1) is 0 Å². The van der Waals surface area contributed by atoms with Crippen LogP contribution in [-0.2, 0) is 4.74 Å². The summed E-state index contributed by atoms with van der Waals surface area (Å²) < 4.78 is 11.8. The van der Waals surface area contributed by atoms with Gasteiger partial charge in [-0.1, -0.05) is 86.7 Å². The lowest BCUT2D eigenvalue weighted by Crippen LogP contribution is -2.03. The monoisotopic (exact) mass is 423 g/mol. The lowest BCUT2D eigenvalue weighted by atomic mass is 9.91. The standard InChI is InChI=1S/C29H29NO2/c1-4-6-11-20-32-27(5-2)30-25-18-16-21-12-7-9-14-23(21)28(25)29-24-15-10-8-13-22(24)17-19-26(29)31-3/h6-19H,4-5,20H2,1-3H3/b11-6+,30-27?. The molecule has 0 aliphatic rings. The number of ether oxygens (including phenoxy) is 2. The van der Waals surface area contributed by atoms with Gasteiger partial charge in [0.2, 0.25) is 0 Å². The molecule has 0 aliphatic heterocycles. The number of hydrogen-bond acceptors (Lipinski definition) is 3. The molecule has 0 aromatic heterocycles. The average Bonchev–Trinajstić information content (AvgIpc) is 2.85. The molecule has 4 rings (SSSR count). The summed E-state index contributed by atoms with van der Waals surface area (Å²) in [6.07, 6.45) is 5.87. The largest absolute Gasteiger partial charge is 0.496 e. The SMILES string of the molecule is CC/C=C/COC(CC)=Nc1ccc2ccccc2c1-c1c(OC)ccc2ccccc12. The van der Waals surface area contributed by atoms with Crippen molar-refractivity contribution in [3.63, 3.8) is 0 Å². The van der Waals surface area contributed by atoms with Crippen molar-refractivity contribution in [3.8, 4) is 16.9 Å². The lowest BCUT2D eigenvalue weighted by molar-refractivity contribution is 0.341. The fourth-order valence-corrected chi connectivity index (χ4v) is 4.02. The van der Waals surface area contributed by atoms with Gasteiger partial charge < -0.3 is 9.47 Å². The maximum Gasteiger partial charge on any atom is 0.188 e. The first kappa shape index (κ1) is 21.6. The molecule has 162 valence electrons. The van der Waals surface area contributed by atoms with Gasteiger partial charge >= 0.3 is 0 Å². The number of hydrogen-bond donors (Lipinski definition) is 0. The van der Waals surface area contributed by atoms with Crippen molar-refractivity contribution in [1.29, 1.82) is 0 Å². The van der Waals surface area contributed by atoms with E-state index in [0.717, 1.165) is 52.1 Å². The Morgan fingerprint density at radius 2 is 1.44 bits per heavy atom. The molecule has 0 radical (unpaired) electrons. The molecule has 0 fully saturated rings. The molecule has 32 heavy (non-hydrogen) atoms. The van der Waals surface area contributed by atoms with Crippen molar-refractivity contribution < 1.29 is 9.47 Å². The van der Waals surface area contributed by atoms with Crippen LogP contribution in [0.5, 0.6) is 5.75 Å². The van der Waals surface area contributed by atoms with Gasteiger partial charge in [0.15, 0.2) is 5.90 Å². The second-order valence-corrected chi connectivity index (χ2v) is 7.59. The van der Waals surface area contributed by atoms with Crippen molar-refractivity contribution in [2.24, 2.45) is 4.99 Å². The van der Waals surface area contributed by atoms with Crippen LogP contribution in [0.15, 0.2) is 89.9 Å². The number of benzene rings is 4. The predicted molar refractivity (Wildman–Crippen MR) is 136 cm³/mol. The van der Waals surface area contributed by atoms with Gasteiger partial charge in [-0.3, -0.25) is 0 Å². The minimum atomic E-state index is 0.529. The normalized spacial score (nSPS) is 12.0. The molecule has 0 aliphatic carbocycles. The second kappa shape index (κ2) is 10.1. The topological polar surface area (TPSA) is 30.8 Å². The van der Waals surface area contributed by atoms with Gasteiger partial charge in [-0.25, -0.2) is 4.99 Å². The summed E-state index contributed by atoms with van der Waals surface area (Å²) >= 11 is 0. The van der Waals surface area contributed by atoms with Crippen LogP contribution < -0.4 is 4.74 Å². The highest BCUT2D eigenvalue weighted by Crippen LogP contribution is 2.45. The first-order valence-corrected chi connectivity index (χ1v) is 11.2. The molecule has 3 heteroatoms. The molecule has 0 spiro atoms. The Bertz CT molecular complexity index is 1290. The Morgan fingerprint density at radius 3 is 2.09 bits per heavy atom. The van der Waals surface area contributed by atoms with Crippen LogP contribution in [0.1, 0.15) is 26.7 Å². The van der Waals surface area contributed by atoms with Crippen LogP contribution in [0.2, 0.25) is 0 Å². The number of methoxy groups -OCH3 is 1. The van der Waals surface area contributed by atoms with E-state index in [4.69, 9.17) is 14.5 Å². The van der Waals surface area contributed by atoms with Crippen LogP contribution in [0.3, 0.4) is 0 Å². The fourth-order valence-electron chi connectivity index (χ4n) is 4.02. The molecule has 4 aromatic carbocycles. The van der Waals surface area contributed by atoms with Gasteiger partial charge in [0.05, 0.1) is 12.8 Å². The number of aliphatic imine (C=N–C) groups is 1. The molecule has 0 unspecified atom stereocenters. The Labute approximate surface area is 190 Å². The summed E-state index contributed by atoms with van der Waals surface area (Å²) in [6, 6.07) is 25.2. The van der Waals surface area contributed by atoms with E-state index >= 15 is 0 Å². The zero-order valence-corrected chi connectivity index (χ0v) is 19.0. The van der Waals surface area contributed by atoms with Crippen LogP contribution in [-0.4, -0.2) is 19.6 Å². The first-order chi connectivity index (χ1) is 15.8. The molecular weight excluding hydrogens is 394 g/mol. The molecule has 0 atom stereocenters. The van der Waals surface area contributed by atoms with E-state index in [9.17, 15) is 0 Å². The van der Waals surface area contributed by atoms with Crippen molar-refractivity contribution in [1.82, 2.24) is 0 Å². The van der Waals surface area contributed by atoms with E-state index in [0.29, 0.717) is 6.61 Å². The summed E-state index contributed by atoms with van der Waals surface area (Å²) in [7, 11) is 1.72. The van der Waals surface area contributed by atoms with E-state index in [1.807, 2.05) is 12.1 Å². The highest BCUT2D eigenvalue weighted by atomic mass is 16.5. The Balaban J connectivity index is 1.98. The molecule has 0 N–H and O–H groups in total. The Morgan fingerprint density at radius 1 is 0.781 bits per heavy atom. The first-order valence-electron chi connectivity index (χ1n) is 11.2. The third-order valence-corrected chi connectivity index (χ3v) is 5.56. The van der Waals surface area contributed by atoms with Crippen molar-refractivity contribution in [3.05, 3.63) is 84.9 Å². The van der Waals surface area contributed by atoms with Crippen LogP contribution in [0.25, 0.3) is 32.7 Å². The molecule has 4 aromatic rings. The quantitative estimate of drug-likeness (QED) is 0.171. The molecule has 0 bridgehead atoms. The smallest absolute Gasteiger partial charge is 0.188 e. The Hall–Kier alpha value is -3.59. The van der Waals surface area contributed by atoms with Gasteiger partial charge in [0.1, 0.15) is 12.4 Å².